The maximum absolute atomic E-state index is 12.4. The average molecular weight is 279 g/mol. The third kappa shape index (κ3) is 3.46. The number of aromatic nitrogens is 1. The van der Waals surface area contributed by atoms with Gasteiger partial charge in [0.05, 0.1) is 6.04 Å². The molecule has 1 atom stereocenters. The molecule has 1 N–H and O–H groups in total. The molecule has 18 heavy (non-hydrogen) atoms. The molecule has 0 aromatic carbocycles. The van der Waals surface area contributed by atoms with Crippen LogP contribution in [0.5, 0.6) is 0 Å². The van der Waals surface area contributed by atoms with Crippen LogP contribution < -0.4 is 5.32 Å². The van der Waals surface area contributed by atoms with Gasteiger partial charge < -0.3 is 5.32 Å². The van der Waals surface area contributed by atoms with Gasteiger partial charge in [-0.25, -0.2) is 4.98 Å². The summed E-state index contributed by atoms with van der Waals surface area (Å²) in [5, 5.41) is 2.19. The number of hydrogen-bond donors (Lipinski definition) is 1. The van der Waals surface area contributed by atoms with E-state index < -0.39 is 23.8 Å². The first kappa shape index (κ1) is 14.5. The molecule has 0 unspecified atom stereocenters. The molecule has 0 aliphatic carbocycles. The summed E-state index contributed by atoms with van der Waals surface area (Å²) in [4.78, 5) is 14.3. The molecule has 0 saturated heterocycles. The first-order valence-electron chi connectivity index (χ1n) is 4.92. The molecule has 0 saturated carbocycles. The van der Waals surface area contributed by atoms with Crippen LogP contribution in [-0.2, 0) is 11.0 Å². The van der Waals surface area contributed by atoms with Gasteiger partial charge in [0, 0.05) is 5.56 Å². The second-order valence-electron chi connectivity index (χ2n) is 3.51. The Morgan fingerprint density at radius 1 is 1.56 bits per heavy atom. The van der Waals surface area contributed by atoms with E-state index in [1.807, 2.05) is 0 Å². The number of nitrogens with one attached hydrogen (secondary N) is 1. The molecule has 98 valence electrons. The molecule has 0 aliphatic heterocycles. The van der Waals surface area contributed by atoms with Crippen molar-refractivity contribution in [2.75, 3.05) is 0 Å². The molecule has 0 fully saturated rings. The Morgan fingerprint density at radius 2 is 2.17 bits per heavy atom. The number of nitrogens with zero attached hydrogens (tertiary/aromatic N) is 1. The largest absolute Gasteiger partial charge is 0.433 e. The fourth-order valence-electron chi connectivity index (χ4n) is 1.28. The zero-order valence-corrected chi connectivity index (χ0v) is 10.1. The lowest BCUT2D eigenvalue weighted by atomic mass is 10.1. The van der Waals surface area contributed by atoms with E-state index >= 15 is 0 Å². The lowest BCUT2D eigenvalue weighted by Gasteiger charge is -2.15. The van der Waals surface area contributed by atoms with Crippen molar-refractivity contribution in [3.8, 4) is 0 Å². The van der Waals surface area contributed by atoms with E-state index in [0.29, 0.717) is 5.56 Å². The minimum absolute atomic E-state index is 0.290. The minimum atomic E-state index is -4.55. The molecular formula is C11H10ClF3N2O. The van der Waals surface area contributed by atoms with E-state index in [1.54, 1.807) is 6.92 Å². The standard InChI is InChI=1S/C11H10ClF3N2O/c1-3-9(18)16-6(2)7-4-5-8(11(13,14)15)17-10(7)12/h3-6H,1H2,2H3,(H,16,18)/t6-/m0/s1. The predicted octanol–water partition coefficient (Wildman–Crippen LogP) is 3.12. The molecule has 1 rings (SSSR count). The Balaban J connectivity index is 2.99. The summed E-state index contributed by atoms with van der Waals surface area (Å²) < 4.78 is 37.1. The first-order chi connectivity index (χ1) is 8.25. The second kappa shape index (κ2) is 5.39. The van der Waals surface area contributed by atoms with E-state index in [1.165, 1.54) is 6.07 Å². The molecule has 0 bridgehead atoms. The smallest absolute Gasteiger partial charge is 0.346 e. The number of pyridine rings is 1. The molecule has 1 amide bonds. The summed E-state index contributed by atoms with van der Waals surface area (Å²) in [5.41, 5.74) is -0.765. The number of rotatable bonds is 3. The number of carbonyl (C=O) groups excluding carboxylic acids is 1. The molecule has 1 aromatic heterocycles. The van der Waals surface area contributed by atoms with Gasteiger partial charge in [0.2, 0.25) is 5.91 Å². The van der Waals surface area contributed by atoms with Crippen molar-refractivity contribution in [1.82, 2.24) is 10.3 Å². The molecule has 7 heteroatoms. The zero-order valence-electron chi connectivity index (χ0n) is 9.38. The maximum atomic E-state index is 12.4. The van der Waals surface area contributed by atoms with E-state index in [-0.39, 0.29) is 5.15 Å². The summed E-state index contributed by atoms with van der Waals surface area (Å²) in [6, 6.07) is 1.45. The van der Waals surface area contributed by atoms with Gasteiger partial charge in [0.1, 0.15) is 10.8 Å². The van der Waals surface area contributed by atoms with Crippen molar-refractivity contribution in [2.24, 2.45) is 0 Å². The number of carbonyl (C=O) groups is 1. The SMILES string of the molecule is C=CC(=O)N[C@@H](C)c1ccc(C(F)(F)F)nc1Cl. The fourth-order valence-corrected chi connectivity index (χ4v) is 1.59. The predicted molar refractivity (Wildman–Crippen MR) is 61.0 cm³/mol. The average Bonchev–Trinajstić information content (AvgIpc) is 2.27. The van der Waals surface area contributed by atoms with Gasteiger partial charge in [-0.2, -0.15) is 13.2 Å². The quantitative estimate of drug-likeness (QED) is 0.682. The lowest BCUT2D eigenvalue weighted by molar-refractivity contribution is -0.141. The van der Waals surface area contributed by atoms with Crippen molar-refractivity contribution < 1.29 is 18.0 Å². The summed E-state index contributed by atoms with van der Waals surface area (Å²) >= 11 is 5.67. The number of halogens is 4. The third-order valence-corrected chi connectivity index (χ3v) is 2.48. The van der Waals surface area contributed by atoms with Crippen LogP contribution in [0.1, 0.15) is 24.2 Å². The van der Waals surface area contributed by atoms with Crippen LogP contribution in [0.3, 0.4) is 0 Å². The topological polar surface area (TPSA) is 42.0 Å². The van der Waals surface area contributed by atoms with E-state index in [0.717, 1.165) is 12.1 Å². The highest BCUT2D eigenvalue weighted by atomic mass is 35.5. The van der Waals surface area contributed by atoms with Gasteiger partial charge >= 0.3 is 6.18 Å². The number of alkyl halides is 3. The van der Waals surface area contributed by atoms with Crippen molar-refractivity contribution in [3.05, 3.63) is 41.2 Å². The Bertz CT molecular complexity index is 474. The monoisotopic (exact) mass is 278 g/mol. The summed E-state index contributed by atoms with van der Waals surface area (Å²) in [6.45, 7) is 4.85. The molecule has 3 nitrogen and oxygen atoms in total. The van der Waals surface area contributed by atoms with Gasteiger partial charge in [-0.05, 0) is 19.1 Å². The number of amides is 1. The normalized spacial score (nSPS) is 12.9. The fraction of sp³-hybridized carbons (Fsp3) is 0.273. The van der Waals surface area contributed by atoms with Crippen LogP contribution in [0.25, 0.3) is 0 Å². The number of hydrogen-bond acceptors (Lipinski definition) is 2. The summed E-state index contributed by atoms with van der Waals surface area (Å²) in [7, 11) is 0. The summed E-state index contributed by atoms with van der Waals surface area (Å²) in [5.74, 6) is -0.446. The molecule has 0 spiro atoms. The van der Waals surface area contributed by atoms with Crippen LogP contribution in [0.15, 0.2) is 24.8 Å². The van der Waals surface area contributed by atoms with Crippen LogP contribution >= 0.6 is 11.6 Å². The third-order valence-electron chi connectivity index (χ3n) is 2.18. The Kier molecular flexibility index (Phi) is 4.34. The van der Waals surface area contributed by atoms with E-state index in [4.69, 9.17) is 11.6 Å². The Labute approximate surface area is 107 Å². The van der Waals surface area contributed by atoms with Crippen molar-refractivity contribution in [3.63, 3.8) is 0 Å². The van der Waals surface area contributed by atoms with Gasteiger partial charge in [0.15, 0.2) is 0 Å². The second-order valence-corrected chi connectivity index (χ2v) is 3.87. The highest BCUT2D eigenvalue weighted by Crippen LogP contribution is 2.30. The molecular weight excluding hydrogens is 269 g/mol. The Morgan fingerprint density at radius 3 is 2.61 bits per heavy atom. The van der Waals surface area contributed by atoms with E-state index in [2.05, 4.69) is 16.9 Å². The van der Waals surface area contributed by atoms with Crippen LogP contribution in [0, 0.1) is 0 Å². The molecule has 0 radical (unpaired) electrons. The molecule has 1 heterocycles. The maximum Gasteiger partial charge on any atom is 0.433 e. The van der Waals surface area contributed by atoms with Crippen molar-refractivity contribution in [2.45, 2.75) is 19.1 Å². The van der Waals surface area contributed by atoms with Gasteiger partial charge in [-0.15, -0.1) is 0 Å². The van der Waals surface area contributed by atoms with E-state index in [9.17, 15) is 18.0 Å². The van der Waals surface area contributed by atoms with Gasteiger partial charge in [-0.1, -0.05) is 24.2 Å². The summed E-state index contributed by atoms with van der Waals surface area (Å²) in [6.07, 6.45) is -3.49. The van der Waals surface area contributed by atoms with Gasteiger partial charge in [0.25, 0.3) is 0 Å². The molecule has 0 aliphatic rings. The highest BCUT2D eigenvalue weighted by Gasteiger charge is 2.33. The first-order valence-corrected chi connectivity index (χ1v) is 5.30. The van der Waals surface area contributed by atoms with Gasteiger partial charge in [-0.3, -0.25) is 4.79 Å². The minimum Gasteiger partial charge on any atom is -0.346 e. The van der Waals surface area contributed by atoms with Crippen LogP contribution in [0.4, 0.5) is 13.2 Å². The van der Waals surface area contributed by atoms with Crippen LogP contribution in [0.2, 0.25) is 5.15 Å². The highest BCUT2D eigenvalue weighted by molar-refractivity contribution is 6.30. The van der Waals surface area contributed by atoms with Crippen molar-refractivity contribution in [1.29, 1.82) is 0 Å². The van der Waals surface area contributed by atoms with Crippen LogP contribution in [-0.4, -0.2) is 10.9 Å². The van der Waals surface area contributed by atoms with Crippen molar-refractivity contribution >= 4 is 17.5 Å². The lowest BCUT2D eigenvalue weighted by Crippen LogP contribution is -2.25. The Hall–Kier alpha value is -1.56. The molecule has 1 aromatic rings. The zero-order chi connectivity index (χ0) is 13.9.